The zero-order valence-electron chi connectivity index (χ0n) is 9.63. The van der Waals surface area contributed by atoms with Gasteiger partial charge < -0.3 is 9.88 Å². The van der Waals surface area contributed by atoms with Gasteiger partial charge in [-0.3, -0.25) is 0 Å². The molecule has 1 aromatic carbocycles. The number of hydrogen-bond donors (Lipinski definition) is 1. The number of rotatable bonds is 4. The molecule has 2 rings (SSSR count). The third-order valence-electron chi connectivity index (χ3n) is 2.65. The molecule has 16 heavy (non-hydrogen) atoms. The highest BCUT2D eigenvalue weighted by Gasteiger charge is 2.11. The lowest BCUT2D eigenvalue weighted by molar-refractivity contribution is 0.638. The lowest BCUT2D eigenvalue weighted by Crippen LogP contribution is -2.16. The monoisotopic (exact) mass is 237 g/mol. The largest absolute Gasteiger partial charge is 0.326 e. The van der Waals surface area contributed by atoms with Gasteiger partial charge in [-0.2, -0.15) is 0 Å². The number of aryl methyl sites for hydroxylation is 1. The van der Waals surface area contributed by atoms with E-state index in [-0.39, 0.29) is 0 Å². The first kappa shape index (κ1) is 11.4. The molecule has 1 N–H and O–H groups in total. The van der Waals surface area contributed by atoms with Crippen molar-refractivity contribution in [3.63, 3.8) is 0 Å². The highest BCUT2D eigenvalue weighted by molar-refractivity contribution is 6.35. The van der Waals surface area contributed by atoms with Crippen molar-refractivity contribution in [2.45, 2.75) is 26.9 Å². The Labute approximate surface area is 100 Å². The summed E-state index contributed by atoms with van der Waals surface area (Å²) in [6.45, 7) is 6.82. The lowest BCUT2D eigenvalue weighted by Gasteiger charge is -2.06. The van der Waals surface area contributed by atoms with Crippen LogP contribution in [-0.2, 0) is 13.1 Å². The van der Waals surface area contributed by atoms with Crippen molar-refractivity contribution in [3.05, 3.63) is 29.0 Å². The fraction of sp³-hybridized carbons (Fsp3) is 0.417. The Morgan fingerprint density at radius 3 is 2.88 bits per heavy atom. The third kappa shape index (κ3) is 1.93. The summed E-state index contributed by atoms with van der Waals surface area (Å²) in [6.07, 6.45) is 0. The number of halogens is 1. The van der Waals surface area contributed by atoms with Crippen molar-refractivity contribution >= 4 is 22.6 Å². The Balaban J connectivity index is 2.53. The quantitative estimate of drug-likeness (QED) is 0.886. The maximum absolute atomic E-state index is 6.21. The molecular formula is C12H16ClN3. The Morgan fingerprint density at radius 1 is 1.38 bits per heavy atom. The van der Waals surface area contributed by atoms with Gasteiger partial charge in [-0.15, -0.1) is 0 Å². The lowest BCUT2D eigenvalue weighted by atomic mass is 10.3. The normalized spacial score (nSPS) is 11.2. The first-order valence-corrected chi connectivity index (χ1v) is 6.00. The van der Waals surface area contributed by atoms with Gasteiger partial charge >= 0.3 is 0 Å². The van der Waals surface area contributed by atoms with Gasteiger partial charge in [0, 0.05) is 6.54 Å². The molecule has 1 aromatic heterocycles. The molecule has 0 bridgehead atoms. The van der Waals surface area contributed by atoms with E-state index in [2.05, 4.69) is 28.7 Å². The third-order valence-corrected chi connectivity index (χ3v) is 2.95. The highest BCUT2D eigenvalue weighted by atomic mass is 35.5. The molecule has 0 amide bonds. The summed E-state index contributed by atoms with van der Waals surface area (Å²) in [5, 5.41) is 4.07. The topological polar surface area (TPSA) is 29.9 Å². The van der Waals surface area contributed by atoms with Crippen LogP contribution in [0.1, 0.15) is 19.7 Å². The summed E-state index contributed by atoms with van der Waals surface area (Å²) in [5.41, 5.74) is 2.02. The molecule has 0 unspecified atom stereocenters. The zero-order valence-corrected chi connectivity index (χ0v) is 10.4. The van der Waals surface area contributed by atoms with Crippen molar-refractivity contribution in [1.29, 1.82) is 0 Å². The van der Waals surface area contributed by atoms with Crippen molar-refractivity contribution < 1.29 is 0 Å². The van der Waals surface area contributed by atoms with Gasteiger partial charge in [0.1, 0.15) is 5.82 Å². The summed E-state index contributed by atoms with van der Waals surface area (Å²) in [7, 11) is 0. The fourth-order valence-electron chi connectivity index (χ4n) is 1.90. The van der Waals surface area contributed by atoms with E-state index >= 15 is 0 Å². The molecular weight excluding hydrogens is 222 g/mol. The molecule has 0 atom stereocenters. The Morgan fingerprint density at radius 2 is 2.19 bits per heavy atom. The maximum atomic E-state index is 6.21. The Bertz CT molecular complexity index is 490. The molecule has 1 heterocycles. The van der Waals surface area contributed by atoms with Gasteiger partial charge in [0.2, 0.25) is 0 Å². The number of nitrogens with zero attached hydrogens (tertiary/aromatic N) is 2. The Hall–Kier alpha value is -1.06. The number of nitrogens with one attached hydrogen (secondary N) is 1. The van der Waals surface area contributed by atoms with Crippen LogP contribution in [-0.4, -0.2) is 16.1 Å². The molecule has 0 aliphatic heterocycles. The second-order valence-corrected chi connectivity index (χ2v) is 4.07. The second kappa shape index (κ2) is 4.85. The summed E-state index contributed by atoms with van der Waals surface area (Å²) in [6, 6.07) is 5.85. The van der Waals surface area contributed by atoms with Crippen molar-refractivity contribution in [3.8, 4) is 0 Å². The summed E-state index contributed by atoms with van der Waals surface area (Å²) in [4.78, 5) is 4.60. The van der Waals surface area contributed by atoms with Crippen LogP contribution in [0.4, 0.5) is 0 Å². The van der Waals surface area contributed by atoms with Crippen LogP contribution < -0.4 is 5.32 Å². The Kier molecular flexibility index (Phi) is 3.46. The van der Waals surface area contributed by atoms with E-state index < -0.39 is 0 Å². The van der Waals surface area contributed by atoms with Crippen LogP contribution in [0.25, 0.3) is 11.0 Å². The van der Waals surface area contributed by atoms with Gasteiger partial charge in [-0.05, 0) is 25.6 Å². The molecule has 0 saturated heterocycles. The summed E-state index contributed by atoms with van der Waals surface area (Å²) < 4.78 is 2.17. The minimum atomic E-state index is 0.773. The molecule has 86 valence electrons. The second-order valence-electron chi connectivity index (χ2n) is 3.66. The molecule has 0 fully saturated rings. The maximum Gasteiger partial charge on any atom is 0.123 e. The van der Waals surface area contributed by atoms with E-state index in [0.717, 1.165) is 41.5 Å². The van der Waals surface area contributed by atoms with E-state index in [4.69, 9.17) is 11.6 Å². The predicted molar refractivity (Wildman–Crippen MR) is 67.8 cm³/mol. The molecule has 0 spiro atoms. The van der Waals surface area contributed by atoms with E-state index in [1.54, 1.807) is 0 Å². The van der Waals surface area contributed by atoms with Crippen LogP contribution >= 0.6 is 11.6 Å². The van der Waals surface area contributed by atoms with Gasteiger partial charge in [0.15, 0.2) is 0 Å². The van der Waals surface area contributed by atoms with Crippen molar-refractivity contribution in [2.75, 3.05) is 6.54 Å². The minimum absolute atomic E-state index is 0.773. The van der Waals surface area contributed by atoms with Gasteiger partial charge in [0.05, 0.1) is 22.6 Å². The van der Waals surface area contributed by atoms with E-state index in [0.29, 0.717) is 0 Å². The molecule has 3 nitrogen and oxygen atoms in total. The first-order chi connectivity index (χ1) is 7.77. The molecule has 0 aliphatic carbocycles. The molecule has 4 heteroatoms. The summed E-state index contributed by atoms with van der Waals surface area (Å²) in [5.74, 6) is 1.05. The van der Waals surface area contributed by atoms with Gasteiger partial charge in [-0.25, -0.2) is 4.98 Å². The van der Waals surface area contributed by atoms with E-state index in [1.165, 1.54) is 0 Å². The number of fused-ring (bicyclic) bond motifs is 1. The van der Waals surface area contributed by atoms with Crippen LogP contribution in [0.5, 0.6) is 0 Å². The van der Waals surface area contributed by atoms with Crippen LogP contribution in [0.15, 0.2) is 18.2 Å². The van der Waals surface area contributed by atoms with E-state index in [1.807, 2.05) is 18.2 Å². The molecule has 0 aliphatic rings. The van der Waals surface area contributed by atoms with E-state index in [9.17, 15) is 0 Å². The van der Waals surface area contributed by atoms with Gasteiger partial charge in [0.25, 0.3) is 0 Å². The average molecular weight is 238 g/mol. The number of benzene rings is 1. The number of aromatic nitrogens is 2. The first-order valence-electron chi connectivity index (χ1n) is 5.62. The van der Waals surface area contributed by atoms with Crippen molar-refractivity contribution in [2.24, 2.45) is 0 Å². The molecule has 0 saturated carbocycles. The fourth-order valence-corrected chi connectivity index (χ4v) is 2.17. The average Bonchev–Trinajstić information content (AvgIpc) is 2.65. The van der Waals surface area contributed by atoms with Crippen LogP contribution in [0, 0.1) is 0 Å². The van der Waals surface area contributed by atoms with Crippen LogP contribution in [0.3, 0.4) is 0 Å². The SMILES string of the molecule is CCNCc1nc2cccc(Cl)c2n1CC. The predicted octanol–water partition coefficient (Wildman–Crippen LogP) is 2.82. The molecule has 0 radical (unpaired) electrons. The standard InChI is InChI=1S/C12H16ClN3/c1-3-14-8-11-15-10-7-5-6-9(13)12(10)16(11)4-2/h5-7,14H,3-4,8H2,1-2H3. The van der Waals surface area contributed by atoms with Gasteiger partial charge in [-0.1, -0.05) is 24.6 Å². The smallest absolute Gasteiger partial charge is 0.123 e. The minimum Gasteiger partial charge on any atom is -0.326 e. The highest BCUT2D eigenvalue weighted by Crippen LogP contribution is 2.24. The number of hydrogen-bond acceptors (Lipinski definition) is 2. The number of imidazole rings is 1. The summed E-state index contributed by atoms with van der Waals surface area (Å²) >= 11 is 6.21. The molecule has 2 aromatic rings. The van der Waals surface area contributed by atoms with Crippen molar-refractivity contribution in [1.82, 2.24) is 14.9 Å². The van der Waals surface area contributed by atoms with Crippen LogP contribution in [0.2, 0.25) is 5.02 Å². The zero-order chi connectivity index (χ0) is 11.5. The number of para-hydroxylation sites is 1.